The molecule has 2 aromatic carbocycles. The number of hydrogen-bond acceptors (Lipinski definition) is 6. The van der Waals surface area contributed by atoms with Gasteiger partial charge in [0.1, 0.15) is 11.5 Å². The summed E-state index contributed by atoms with van der Waals surface area (Å²) in [6.07, 6.45) is 4.80. The van der Waals surface area contributed by atoms with Crippen molar-refractivity contribution < 1.29 is 34.3 Å². The van der Waals surface area contributed by atoms with Gasteiger partial charge in [0.25, 0.3) is 0 Å². The van der Waals surface area contributed by atoms with Crippen LogP contribution in [0.1, 0.15) is 11.1 Å². The zero-order valence-electron chi connectivity index (χ0n) is 13.8. The molecule has 0 aliphatic rings. The summed E-state index contributed by atoms with van der Waals surface area (Å²) >= 11 is 0. The molecule has 26 heavy (non-hydrogen) atoms. The third-order valence-electron chi connectivity index (χ3n) is 3.17. The third kappa shape index (κ3) is 5.41. The first-order chi connectivity index (χ1) is 12.5. The lowest BCUT2D eigenvalue weighted by molar-refractivity contribution is -0.207. The monoisotopic (exact) mass is 356 g/mol. The molecule has 7 nitrogen and oxygen atoms in total. The number of hydrogen-bond donors (Lipinski definition) is 2. The summed E-state index contributed by atoms with van der Waals surface area (Å²) in [5, 5.41) is 18.4. The van der Waals surface area contributed by atoms with E-state index in [4.69, 9.17) is 14.7 Å². The second-order valence-electron chi connectivity index (χ2n) is 4.95. The fraction of sp³-hybridized carbons (Fsp3) is 0.0526. The highest BCUT2D eigenvalue weighted by molar-refractivity contribution is 5.87. The first-order valence-electron chi connectivity index (χ1n) is 7.43. The minimum absolute atomic E-state index is 0.0778. The van der Waals surface area contributed by atoms with Crippen molar-refractivity contribution in [2.24, 2.45) is 0 Å². The van der Waals surface area contributed by atoms with Gasteiger partial charge >= 0.3 is 11.9 Å². The molecule has 0 atom stereocenters. The summed E-state index contributed by atoms with van der Waals surface area (Å²) in [6.45, 7) is 0. The summed E-state index contributed by atoms with van der Waals surface area (Å²) in [5.41, 5.74) is 0.973. The van der Waals surface area contributed by atoms with Gasteiger partial charge in [0.2, 0.25) is 0 Å². The predicted octanol–water partition coefficient (Wildman–Crippen LogP) is 3.05. The summed E-state index contributed by atoms with van der Waals surface area (Å²) < 4.78 is 5.16. The van der Waals surface area contributed by atoms with Crippen molar-refractivity contribution >= 4 is 24.1 Å². The summed E-state index contributed by atoms with van der Waals surface area (Å²) in [4.78, 5) is 31.6. The topological polar surface area (TPSA) is 102 Å². The van der Waals surface area contributed by atoms with Crippen LogP contribution in [0.4, 0.5) is 0 Å². The highest BCUT2D eigenvalue weighted by atomic mass is 17.2. The predicted molar refractivity (Wildman–Crippen MR) is 93.5 cm³/mol. The molecule has 0 fully saturated rings. The van der Waals surface area contributed by atoms with E-state index in [1.165, 1.54) is 43.5 Å². The number of phenols is 1. The van der Waals surface area contributed by atoms with Gasteiger partial charge in [-0.1, -0.05) is 18.2 Å². The Labute approximate surface area is 149 Å². The van der Waals surface area contributed by atoms with E-state index in [1.807, 2.05) is 0 Å². The standard InChI is InChI=1S/C19H16O7/c1-24-17-5-3-2-4-14(17)8-11-19(23)26-25-15-9-6-13(16(20)12-15)7-10-18(21)22/h2-12,20H,1H3,(H,21,22)/b10-7+,11-8+. The number of aromatic hydroxyl groups is 1. The SMILES string of the molecule is COc1ccccc1/C=C/C(=O)OOc1ccc(/C=C/C(=O)O)c(O)c1. The molecule has 7 heteroatoms. The van der Waals surface area contributed by atoms with Gasteiger partial charge in [0, 0.05) is 29.3 Å². The summed E-state index contributed by atoms with van der Waals surface area (Å²) in [6, 6.07) is 11.2. The van der Waals surface area contributed by atoms with Gasteiger partial charge in [-0.05, 0) is 30.4 Å². The third-order valence-corrected chi connectivity index (χ3v) is 3.17. The van der Waals surface area contributed by atoms with Gasteiger partial charge in [0.15, 0.2) is 5.75 Å². The Morgan fingerprint density at radius 3 is 2.42 bits per heavy atom. The van der Waals surface area contributed by atoms with Crippen LogP contribution >= 0.6 is 0 Å². The number of carboxylic acids is 1. The molecule has 0 bridgehead atoms. The molecule has 2 N–H and O–H groups in total. The number of methoxy groups -OCH3 is 1. The van der Waals surface area contributed by atoms with Crippen LogP contribution in [0, 0.1) is 0 Å². The lowest BCUT2D eigenvalue weighted by Crippen LogP contribution is -2.04. The van der Waals surface area contributed by atoms with E-state index >= 15 is 0 Å². The van der Waals surface area contributed by atoms with Crippen LogP contribution in [0.2, 0.25) is 0 Å². The van der Waals surface area contributed by atoms with Gasteiger partial charge < -0.3 is 14.9 Å². The maximum absolute atomic E-state index is 11.7. The van der Waals surface area contributed by atoms with Crippen LogP contribution in [0.5, 0.6) is 17.2 Å². The van der Waals surface area contributed by atoms with Gasteiger partial charge in [-0.15, -0.1) is 0 Å². The lowest BCUT2D eigenvalue weighted by Gasteiger charge is -2.05. The fourth-order valence-electron chi connectivity index (χ4n) is 1.96. The second-order valence-corrected chi connectivity index (χ2v) is 4.95. The number of aliphatic carboxylic acids is 1. The molecule has 2 aromatic rings. The number of ether oxygens (including phenoxy) is 1. The Balaban J connectivity index is 1.96. The quantitative estimate of drug-likeness (QED) is 0.446. The Kier molecular flexibility index (Phi) is 6.39. The van der Waals surface area contributed by atoms with Crippen molar-refractivity contribution in [3.63, 3.8) is 0 Å². The summed E-state index contributed by atoms with van der Waals surface area (Å²) in [5.74, 6) is -1.44. The van der Waals surface area contributed by atoms with Crippen LogP contribution in [-0.2, 0) is 14.5 Å². The van der Waals surface area contributed by atoms with E-state index < -0.39 is 11.9 Å². The van der Waals surface area contributed by atoms with Gasteiger partial charge in [-0.2, -0.15) is 0 Å². The minimum atomic E-state index is -1.14. The van der Waals surface area contributed by atoms with Crippen molar-refractivity contribution in [3.05, 3.63) is 65.7 Å². The number of phenolic OH excluding ortho intramolecular Hbond substituents is 1. The van der Waals surface area contributed by atoms with Gasteiger partial charge in [-0.3, -0.25) is 4.89 Å². The molecule has 0 radical (unpaired) electrons. The molecule has 0 saturated carbocycles. The maximum Gasteiger partial charge on any atom is 0.379 e. The normalized spacial score (nSPS) is 10.8. The number of carbonyl (C=O) groups is 2. The Morgan fingerprint density at radius 1 is 1.00 bits per heavy atom. The highest BCUT2D eigenvalue weighted by Gasteiger charge is 2.06. The van der Waals surface area contributed by atoms with E-state index in [0.717, 1.165) is 6.08 Å². The van der Waals surface area contributed by atoms with Crippen molar-refractivity contribution in [2.45, 2.75) is 0 Å². The Morgan fingerprint density at radius 2 is 1.73 bits per heavy atom. The minimum Gasteiger partial charge on any atom is -0.507 e. The van der Waals surface area contributed by atoms with E-state index in [0.29, 0.717) is 11.3 Å². The smallest absolute Gasteiger partial charge is 0.379 e. The van der Waals surface area contributed by atoms with Crippen molar-refractivity contribution in [1.82, 2.24) is 0 Å². The van der Waals surface area contributed by atoms with Crippen molar-refractivity contribution in [3.8, 4) is 17.2 Å². The molecule has 0 heterocycles. The first kappa shape index (κ1) is 18.6. The highest BCUT2D eigenvalue weighted by Crippen LogP contribution is 2.25. The van der Waals surface area contributed by atoms with E-state index in [-0.39, 0.29) is 17.1 Å². The number of carboxylic acid groups (broad SMARTS) is 1. The van der Waals surface area contributed by atoms with Crippen LogP contribution in [0.25, 0.3) is 12.2 Å². The molecule has 134 valence electrons. The van der Waals surface area contributed by atoms with Crippen LogP contribution in [0.3, 0.4) is 0 Å². The second kappa shape index (κ2) is 8.93. The average molecular weight is 356 g/mol. The van der Waals surface area contributed by atoms with Gasteiger partial charge in [0.05, 0.1) is 7.11 Å². The molecule has 2 rings (SSSR count). The van der Waals surface area contributed by atoms with Crippen molar-refractivity contribution in [1.29, 1.82) is 0 Å². The van der Waals surface area contributed by atoms with E-state index in [1.54, 1.807) is 24.3 Å². The largest absolute Gasteiger partial charge is 0.507 e. The summed E-state index contributed by atoms with van der Waals surface area (Å²) in [7, 11) is 1.52. The van der Waals surface area contributed by atoms with Crippen LogP contribution in [0.15, 0.2) is 54.6 Å². The first-order valence-corrected chi connectivity index (χ1v) is 7.43. The molecule has 0 unspecified atom stereocenters. The fourth-order valence-corrected chi connectivity index (χ4v) is 1.96. The van der Waals surface area contributed by atoms with Gasteiger partial charge in [-0.25, -0.2) is 14.5 Å². The molecular weight excluding hydrogens is 340 g/mol. The van der Waals surface area contributed by atoms with Crippen LogP contribution in [-0.4, -0.2) is 29.3 Å². The molecule has 0 saturated heterocycles. The maximum atomic E-state index is 11.7. The molecule has 0 spiro atoms. The Bertz CT molecular complexity index is 853. The number of para-hydroxylation sites is 1. The lowest BCUT2D eigenvalue weighted by atomic mass is 10.2. The zero-order valence-corrected chi connectivity index (χ0v) is 13.8. The zero-order chi connectivity index (χ0) is 18.9. The molecule has 0 amide bonds. The number of carbonyl (C=O) groups excluding carboxylic acids is 1. The molecule has 0 aromatic heterocycles. The van der Waals surface area contributed by atoms with E-state index in [2.05, 4.69) is 4.89 Å². The average Bonchev–Trinajstić information content (AvgIpc) is 2.64. The molecule has 0 aliphatic heterocycles. The Hall–Kier alpha value is -3.74. The van der Waals surface area contributed by atoms with Crippen LogP contribution < -0.4 is 9.62 Å². The number of rotatable bonds is 7. The molecule has 0 aliphatic carbocycles. The number of benzene rings is 2. The van der Waals surface area contributed by atoms with Crippen molar-refractivity contribution in [2.75, 3.05) is 7.11 Å². The van der Waals surface area contributed by atoms with E-state index in [9.17, 15) is 14.7 Å². The molecular formula is C19H16O7.